The second-order valence-electron chi connectivity index (χ2n) is 6.69. The molecule has 0 heterocycles. The molecule has 6 heteroatoms. The molecule has 2 aromatic carbocycles. The summed E-state index contributed by atoms with van der Waals surface area (Å²) in [7, 11) is 0. The highest BCUT2D eigenvalue weighted by molar-refractivity contribution is 6.02. The van der Waals surface area contributed by atoms with Crippen molar-refractivity contribution < 1.29 is 19.9 Å². The van der Waals surface area contributed by atoms with Gasteiger partial charge in [0, 0.05) is 0 Å². The van der Waals surface area contributed by atoms with Crippen molar-refractivity contribution in [2.24, 2.45) is 10.3 Å². The van der Waals surface area contributed by atoms with Crippen molar-refractivity contribution in [3.8, 4) is 11.5 Å². The second kappa shape index (κ2) is 12.4. The third-order valence-corrected chi connectivity index (χ3v) is 4.39. The van der Waals surface area contributed by atoms with Gasteiger partial charge in [-0.05, 0) is 91.8 Å². The van der Waals surface area contributed by atoms with Crippen LogP contribution < -0.4 is 9.47 Å². The van der Waals surface area contributed by atoms with Gasteiger partial charge in [0.2, 0.25) is 0 Å². The van der Waals surface area contributed by atoms with Crippen LogP contribution >= 0.6 is 0 Å². The molecule has 2 rings (SSSR count). The minimum Gasteiger partial charge on any atom is -0.494 e. The van der Waals surface area contributed by atoms with Crippen molar-refractivity contribution in [3.63, 3.8) is 0 Å². The van der Waals surface area contributed by atoms with Crippen LogP contribution in [0.5, 0.6) is 11.5 Å². The Balaban J connectivity index is 1.90. The van der Waals surface area contributed by atoms with Crippen LogP contribution in [0.15, 0.2) is 58.8 Å². The highest BCUT2D eigenvalue weighted by Crippen LogP contribution is 2.18. The van der Waals surface area contributed by atoms with Crippen LogP contribution in [0, 0.1) is 0 Å². The molecular weight excluding hydrogens is 368 g/mol. The average molecular weight is 399 g/mol. The first-order chi connectivity index (χ1) is 14.2. The van der Waals surface area contributed by atoms with E-state index < -0.39 is 0 Å². The summed E-state index contributed by atoms with van der Waals surface area (Å²) in [4.78, 5) is 0. The van der Waals surface area contributed by atoms with E-state index in [1.807, 2.05) is 48.5 Å². The molecule has 0 aliphatic carbocycles. The molecular formula is C23H30N2O4. The molecule has 0 aliphatic heterocycles. The zero-order chi connectivity index (χ0) is 20.9. The molecule has 6 nitrogen and oxygen atoms in total. The quantitative estimate of drug-likeness (QED) is 0.281. The number of hydrogen-bond acceptors (Lipinski definition) is 6. The van der Waals surface area contributed by atoms with Crippen molar-refractivity contribution in [3.05, 3.63) is 59.7 Å². The van der Waals surface area contributed by atoms with Crippen LogP contribution in [0.1, 0.15) is 57.1 Å². The topological polar surface area (TPSA) is 83.6 Å². The van der Waals surface area contributed by atoms with E-state index in [1.54, 1.807) is 0 Å². The summed E-state index contributed by atoms with van der Waals surface area (Å²) < 4.78 is 11.1. The Bertz CT molecular complexity index is 716. The summed E-state index contributed by atoms with van der Waals surface area (Å²) in [5.41, 5.74) is 2.87. The van der Waals surface area contributed by atoms with Crippen LogP contribution in [0.3, 0.4) is 0 Å². The molecule has 2 N–H and O–H groups in total. The summed E-state index contributed by atoms with van der Waals surface area (Å²) >= 11 is 0. The van der Waals surface area contributed by atoms with Crippen LogP contribution in [-0.4, -0.2) is 35.1 Å². The SMILES string of the molecule is CCCOc1ccc(/C(CCC/C(=N/O)c2ccc(OCCC)cc2)=N\O)cc1. The third kappa shape index (κ3) is 7.14. The molecule has 0 radical (unpaired) electrons. The number of rotatable bonds is 12. The zero-order valence-corrected chi connectivity index (χ0v) is 17.2. The van der Waals surface area contributed by atoms with E-state index in [4.69, 9.17) is 9.47 Å². The molecule has 156 valence electrons. The van der Waals surface area contributed by atoms with Gasteiger partial charge in [-0.25, -0.2) is 0 Å². The molecule has 0 aromatic heterocycles. The molecule has 0 atom stereocenters. The van der Waals surface area contributed by atoms with E-state index >= 15 is 0 Å². The largest absolute Gasteiger partial charge is 0.494 e. The minimum atomic E-state index is 0.558. The molecule has 0 spiro atoms. The first-order valence-electron chi connectivity index (χ1n) is 10.1. The van der Waals surface area contributed by atoms with Crippen molar-refractivity contribution in [1.29, 1.82) is 0 Å². The highest BCUT2D eigenvalue weighted by Gasteiger charge is 2.09. The smallest absolute Gasteiger partial charge is 0.119 e. The lowest BCUT2D eigenvalue weighted by Gasteiger charge is -2.09. The Morgan fingerprint density at radius 2 is 1.07 bits per heavy atom. The summed E-state index contributed by atoms with van der Waals surface area (Å²) in [6.07, 6.45) is 3.70. The van der Waals surface area contributed by atoms with Crippen LogP contribution in [-0.2, 0) is 0 Å². The van der Waals surface area contributed by atoms with Crippen molar-refractivity contribution >= 4 is 11.4 Å². The summed E-state index contributed by atoms with van der Waals surface area (Å²) in [5.74, 6) is 1.60. The van der Waals surface area contributed by atoms with Crippen LogP contribution in [0.25, 0.3) is 0 Å². The minimum absolute atomic E-state index is 0.558. The van der Waals surface area contributed by atoms with Crippen molar-refractivity contribution in [1.82, 2.24) is 0 Å². The van der Waals surface area contributed by atoms with Gasteiger partial charge in [0.1, 0.15) is 11.5 Å². The lowest BCUT2D eigenvalue weighted by molar-refractivity contribution is 0.315. The predicted molar refractivity (Wildman–Crippen MR) is 115 cm³/mol. The fourth-order valence-corrected chi connectivity index (χ4v) is 2.85. The van der Waals surface area contributed by atoms with Crippen LogP contribution in [0.2, 0.25) is 0 Å². The number of hydrogen-bond donors (Lipinski definition) is 2. The molecule has 0 bridgehead atoms. The lowest BCUT2D eigenvalue weighted by Crippen LogP contribution is -2.06. The lowest BCUT2D eigenvalue weighted by atomic mass is 10.0. The van der Waals surface area contributed by atoms with Gasteiger partial charge in [-0.15, -0.1) is 0 Å². The second-order valence-corrected chi connectivity index (χ2v) is 6.69. The van der Waals surface area contributed by atoms with Crippen molar-refractivity contribution in [2.45, 2.75) is 46.0 Å². The van der Waals surface area contributed by atoms with E-state index in [2.05, 4.69) is 24.2 Å². The van der Waals surface area contributed by atoms with E-state index in [-0.39, 0.29) is 0 Å². The summed E-state index contributed by atoms with van der Waals surface area (Å²) in [6, 6.07) is 15.0. The number of nitrogens with zero attached hydrogens (tertiary/aromatic N) is 2. The molecule has 0 aliphatic rings. The molecule has 0 unspecified atom stereocenters. The van der Waals surface area contributed by atoms with Gasteiger partial charge >= 0.3 is 0 Å². The molecule has 0 amide bonds. The number of ether oxygens (including phenoxy) is 2. The monoisotopic (exact) mass is 398 g/mol. The number of oxime groups is 2. The Hall–Kier alpha value is -3.02. The van der Waals surface area contributed by atoms with E-state index in [0.29, 0.717) is 43.9 Å². The Labute approximate surface area is 172 Å². The van der Waals surface area contributed by atoms with Gasteiger partial charge in [0.25, 0.3) is 0 Å². The zero-order valence-electron chi connectivity index (χ0n) is 17.2. The highest BCUT2D eigenvalue weighted by atomic mass is 16.5. The Kier molecular flexibility index (Phi) is 9.55. The first kappa shape index (κ1) is 22.3. The fourth-order valence-electron chi connectivity index (χ4n) is 2.85. The number of benzene rings is 2. The van der Waals surface area contributed by atoms with E-state index in [0.717, 1.165) is 35.5 Å². The van der Waals surface area contributed by atoms with Gasteiger partial charge in [-0.2, -0.15) is 0 Å². The van der Waals surface area contributed by atoms with Crippen LogP contribution in [0.4, 0.5) is 0 Å². The maximum Gasteiger partial charge on any atom is 0.119 e. The Morgan fingerprint density at radius 3 is 1.38 bits per heavy atom. The maximum atomic E-state index is 9.39. The fraction of sp³-hybridized carbons (Fsp3) is 0.391. The van der Waals surface area contributed by atoms with Gasteiger partial charge in [-0.3, -0.25) is 0 Å². The Morgan fingerprint density at radius 1 is 0.690 bits per heavy atom. The van der Waals surface area contributed by atoms with Gasteiger partial charge in [0.05, 0.1) is 24.6 Å². The summed E-state index contributed by atoms with van der Waals surface area (Å²) in [5, 5.41) is 25.7. The molecule has 0 saturated carbocycles. The standard InChI is InChI=1S/C23H30N2O4/c1-3-16-28-20-12-8-18(9-13-20)22(24-26)6-5-7-23(25-27)19-10-14-21(15-11-19)29-17-4-2/h8-15,26-27H,3-7,16-17H2,1-2H3/b24-22-,25-23-. The van der Waals surface area contributed by atoms with Gasteiger partial charge < -0.3 is 19.9 Å². The molecule has 29 heavy (non-hydrogen) atoms. The molecule has 2 aromatic rings. The van der Waals surface area contributed by atoms with Gasteiger partial charge in [0.15, 0.2) is 0 Å². The van der Waals surface area contributed by atoms with Gasteiger partial charge in [-0.1, -0.05) is 24.2 Å². The van der Waals surface area contributed by atoms with Crippen molar-refractivity contribution in [2.75, 3.05) is 13.2 Å². The first-order valence-corrected chi connectivity index (χ1v) is 10.1. The third-order valence-electron chi connectivity index (χ3n) is 4.39. The molecule has 0 fully saturated rings. The maximum absolute atomic E-state index is 9.39. The normalized spacial score (nSPS) is 12.1. The van der Waals surface area contributed by atoms with E-state index in [1.165, 1.54) is 0 Å². The average Bonchev–Trinajstić information content (AvgIpc) is 2.77. The van der Waals surface area contributed by atoms with E-state index in [9.17, 15) is 10.4 Å². The summed E-state index contributed by atoms with van der Waals surface area (Å²) in [6.45, 7) is 5.47. The predicted octanol–water partition coefficient (Wildman–Crippen LogP) is 5.49. The molecule has 0 saturated heterocycles.